The van der Waals surface area contributed by atoms with Gasteiger partial charge >= 0.3 is 0 Å². The Kier molecular flexibility index (Phi) is 19.4. The van der Waals surface area contributed by atoms with Crippen LogP contribution in [-0.2, 0) is 4.79 Å². The number of hydrogen-bond donors (Lipinski definition) is 1. The molecule has 0 radical (unpaired) electrons. The Morgan fingerprint density at radius 3 is 1.88 bits per heavy atom. The standard InChI is InChI=1S/C4H7NO.2ClH/c1-2-3-4(5)6;;/h2-3H,1H3,(H2,5,6);2*1H. The van der Waals surface area contributed by atoms with Crippen LogP contribution in [0.3, 0.4) is 0 Å². The van der Waals surface area contributed by atoms with Gasteiger partial charge in [-0.3, -0.25) is 4.79 Å². The number of hydrogen-bond acceptors (Lipinski definition) is 1. The lowest BCUT2D eigenvalue weighted by atomic mass is 10.5. The van der Waals surface area contributed by atoms with Crippen LogP contribution < -0.4 is 5.73 Å². The topological polar surface area (TPSA) is 43.1 Å². The molecule has 0 aliphatic carbocycles. The van der Waals surface area contributed by atoms with Gasteiger partial charge in [-0.2, -0.15) is 0 Å². The molecule has 0 aliphatic rings. The van der Waals surface area contributed by atoms with Crippen LogP contribution in [0, 0.1) is 0 Å². The Morgan fingerprint density at radius 1 is 1.50 bits per heavy atom. The number of halogens is 2. The van der Waals surface area contributed by atoms with E-state index in [2.05, 4.69) is 5.73 Å². The van der Waals surface area contributed by atoms with Crippen LogP contribution in [0.25, 0.3) is 0 Å². The van der Waals surface area contributed by atoms with Gasteiger partial charge in [0.25, 0.3) is 0 Å². The highest BCUT2D eigenvalue weighted by atomic mass is 35.5. The summed E-state index contributed by atoms with van der Waals surface area (Å²) in [5, 5.41) is 0. The molecule has 0 saturated carbocycles. The SMILES string of the molecule is CC=CC(N)=O.Cl.Cl. The molecule has 2 nitrogen and oxygen atoms in total. The molecule has 0 heterocycles. The van der Waals surface area contributed by atoms with Crippen LogP contribution in [0.4, 0.5) is 0 Å². The maximum Gasteiger partial charge on any atom is 0.241 e. The van der Waals surface area contributed by atoms with Gasteiger partial charge in [-0.05, 0) is 13.0 Å². The fourth-order valence-corrected chi connectivity index (χ4v) is 0.164. The Hall–Kier alpha value is -0.210. The van der Waals surface area contributed by atoms with Crippen molar-refractivity contribution in [1.82, 2.24) is 0 Å². The van der Waals surface area contributed by atoms with E-state index in [4.69, 9.17) is 0 Å². The quantitative estimate of drug-likeness (QED) is 0.565. The summed E-state index contributed by atoms with van der Waals surface area (Å²) in [4.78, 5) is 9.73. The number of rotatable bonds is 1. The first-order valence-corrected chi connectivity index (χ1v) is 1.69. The first-order chi connectivity index (χ1) is 2.77. The average molecular weight is 158 g/mol. The summed E-state index contributed by atoms with van der Waals surface area (Å²) in [6.45, 7) is 1.74. The van der Waals surface area contributed by atoms with Crippen molar-refractivity contribution in [2.75, 3.05) is 0 Å². The van der Waals surface area contributed by atoms with Gasteiger partial charge in [0.15, 0.2) is 0 Å². The van der Waals surface area contributed by atoms with Crippen LogP contribution in [0.5, 0.6) is 0 Å². The lowest BCUT2D eigenvalue weighted by molar-refractivity contribution is -0.113. The number of amides is 1. The molecule has 0 spiro atoms. The lowest BCUT2D eigenvalue weighted by Crippen LogP contribution is -2.04. The third kappa shape index (κ3) is 17.1. The van der Waals surface area contributed by atoms with E-state index in [0.29, 0.717) is 0 Å². The fraction of sp³-hybridized carbons (Fsp3) is 0.250. The smallest absolute Gasteiger partial charge is 0.241 e. The van der Waals surface area contributed by atoms with E-state index in [1.165, 1.54) is 6.08 Å². The van der Waals surface area contributed by atoms with Gasteiger partial charge in [0.05, 0.1) is 0 Å². The second kappa shape index (κ2) is 9.92. The summed E-state index contributed by atoms with van der Waals surface area (Å²) in [5.41, 5.74) is 4.68. The summed E-state index contributed by atoms with van der Waals surface area (Å²) in [7, 11) is 0. The van der Waals surface area contributed by atoms with Crippen LogP contribution in [0.1, 0.15) is 6.92 Å². The van der Waals surface area contributed by atoms with Crippen molar-refractivity contribution >= 4 is 30.7 Å². The monoisotopic (exact) mass is 157 g/mol. The third-order valence-electron chi connectivity index (χ3n) is 0.331. The van der Waals surface area contributed by atoms with Gasteiger partial charge in [0.2, 0.25) is 5.91 Å². The summed E-state index contributed by atoms with van der Waals surface area (Å²) in [5.74, 6) is -0.391. The molecule has 50 valence electrons. The molecule has 0 atom stereocenters. The highest BCUT2D eigenvalue weighted by Crippen LogP contribution is 1.62. The number of allylic oxidation sites excluding steroid dienone is 1. The van der Waals surface area contributed by atoms with E-state index < -0.39 is 5.91 Å². The van der Waals surface area contributed by atoms with Gasteiger partial charge in [0, 0.05) is 0 Å². The number of primary amides is 1. The minimum absolute atomic E-state index is 0. The van der Waals surface area contributed by atoms with Crippen molar-refractivity contribution in [3.05, 3.63) is 12.2 Å². The van der Waals surface area contributed by atoms with Crippen LogP contribution in [0.15, 0.2) is 12.2 Å². The molecule has 0 saturated heterocycles. The number of carbonyl (C=O) groups is 1. The number of nitrogens with two attached hydrogens (primary N) is 1. The van der Waals surface area contributed by atoms with Crippen molar-refractivity contribution < 1.29 is 4.79 Å². The molecule has 2 N–H and O–H groups in total. The van der Waals surface area contributed by atoms with Gasteiger partial charge in [-0.1, -0.05) is 6.08 Å². The second-order valence-corrected chi connectivity index (χ2v) is 0.902. The van der Waals surface area contributed by atoms with E-state index in [0.717, 1.165) is 0 Å². The molecule has 0 unspecified atom stereocenters. The molecule has 0 fully saturated rings. The first-order valence-electron chi connectivity index (χ1n) is 1.69. The van der Waals surface area contributed by atoms with E-state index in [1.807, 2.05) is 0 Å². The Morgan fingerprint density at radius 2 is 1.88 bits per heavy atom. The number of carbonyl (C=O) groups excluding carboxylic acids is 1. The zero-order valence-corrected chi connectivity index (χ0v) is 6.09. The Balaban J connectivity index is -0.000000125. The minimum atomic E-state index is -0.391. The molecule has 0 bridgehead atoms. The molecule has 0 aromatic carbocycles. The highest BCUT2D eigenvalue weighted by Gasteiger charge is 1.73. The largest absolute Gasteiger partial charge is 0.366 e. The maximum absolute atomic E-state index is 9.73. The lowest BCUT2D eigenvalue weighted by Gasteiger charge is -1.70. The predicted molar refractivity (Wildman–Crippen MR) is 38.5 cm³/mol. The normalized spacial score (nSPS) is 7.12. The Labute approximate surface area is 61.0 Å². The van der Waals surface area contributed by atoms with Crippen molar-refractivity contribution in [1.29, 1.82) is 0 Å². The highest BCUT2D eigenvalue weighted by molar-refractivity contribution is 5.86. The van der Waals surface area contributed by atoms with Crippen molar-refractivity contribution in [2.24, 2.45) is 5.73 Å². The van der Waals surface area contributed by atoms with E-state index in [-0.39, 0.29) is 24.8 Å². The van der Waals surface area contributed by atoms with Crippen molar-refractivity contribution in [3.8, 4) is 0 Å². The molecule has 0 aromatic rings. The minimum Gasteiger partial charge on any atom is -0.366 e. The zero-order valence-electron chi connectivity index (χ0n) is 4.46. The van der Waals surface area contributed by atoms with Crippen LogP contribution in [-0.4, -0.2) is 5.91 Å². The first kappa shape index (κ1) is 15.7. The second-order valence-electron chi connectivity index (χ2n) is 0.902. The van der Waals surface area contributed by atoms with Gasteiger partial charge in [-0.25, -0.2) is 0 Å². The van der Waals surface area contributed by atoms with Crippen molar-refractivity contribution in [3.63, 3.8) is 0 Å². The molecule has 1 amide bonds. The average Bonchev–Trinajstić information content (AvgIpc) is 1.35. The molecule has 4 heteroatoms. The predicted octanol–water partition coefficient (Wildman–Crippen LogP) is 0.891. The molecular weight excluding hydrogens is 149 g/mol. The van der Waals surface area contributed by atoms with Gasteiger partial charge < -0.3 is 5.73 Å². The van der Waals surface area contributed by atoms with E-state index in [9.17, 15) is 4.79 Å². The van der Waals surface area contributed by atoms with Crippen LogP contribution >= 0.6 is 24.8 Å². The maximum atomic E-state index is 9.73. The van der Waals surface area contributed by atoms with E-state index >= 15 is 0 Å². The van der Waals surface area contributed by atoms with E-state index in [1.54, 1.807) is 13.0 Å². The third-order valence-corrected chi connectivity index (χ3v) is 0.331. The zero-order chi connectivity index (χ0) is 4.99. The summed E-state index contributed by atoms with van der Waals surface area (Å²) >= 11 is 0. The molecular formula is C4H9Cl2NO. The van der Waals surface area contributed by atoms with Crippen LogP contribution in [0.2, 0.25) is 0 Å². The molecule has 0 rings (SSSR count). The molecule has 0 aliphatic heterocycles. The van der Waals surface area contributed by atoms with Gasteiger partial charge in [0.1, 0.15) is 0 Å². The fourth-order valence-electron chi connectivity index (χ4n) is 0.164. The molecule has 0 aromatic heterocycles. The summed E-state index contributed by atoms with van der Waals surface area (Å²) in [6.07, 6.45) is 2.91. The summed E-state index contributed by atoms with van der Waals surface area (Å²) in [6, 6.07) is 0. The Bertz CT molecular complexity index is 82.1. The molecule has 8 heavy (non-hydrogen) atoms. The summed E-state index contributed by atoms with van der Waals surface area (Å²) < 4.78 is 0. The van der Waals surface area contributed by atoms with Gasteiger partial charge in [-0.15, -0.1) is 24.8 Å². The van der Waals surface area contributed by atoms with Crippen molar-refractivity contribution in [2.45, 2.75) is 6.92 Å².